The number of ether oxygens (including phenoxy) is 1. The molecule has 0 aromatic rings. The van der Waals surface area contributed by atoms with E-state index in [1.165, 1.54) is 11.1 Å². The first-order chi connectivity index (χ1) is 10.0. The van der Waals surface area contributed by atoms with Crippen LogP contribution in [0.15, 0.2) is 23.0 Å². The van der Waals surface area contributed by atoms with Gasteiger partial charge in [-0.1, -0.05) is 0 Å². The zero-order valence-electron chi connectivity index (χ0n) is 15.7. The first-order valence-corrected chi connectivity index (χ1v) is 7.66. The third-order valence-electron chi connectivity index (χ3n) is 2.89. The van der Waals surface area contributed by atoms with E-state index in [1.54, 1.807) is 11.9 Å². The molecule has 0 atom stereocenters. The van der Waals surface area contributed by atoms with Crippen molar-refractivity contribution < 1.29 is 9.53 Å². The van der Waals surface area contributed by atoms with Gasteiger partial charge in [0.25, 0.3) is 0 Å². The van der Waals surface area contributed by atoms with Gasteiger partial charge in [0.15, 0.2) is 0 Å². The van der Waals surface area contributed by atoms with Crippen molar-refractivity contribution in [2.45, 2.75) is 46.1 Å². The van der Waals surface area contributed by atoms with Gasteiger partial charge >= 0.3 is 6.09 Å². The van der Waals surface area contributed by atoms with Crippen LogP contribution >= 0.6 is 0 Å². The minimum Gasteiger partial charge on any atom is -0.443 e. The summed E-state index contributed by atoms with van der Waals surface area (Å²) in [5.74, 6) is 0. The van der Waals surface area contributed by atoms with Gasteiger partial charge < -0.3 is 15.0 Å². The molecule has 0 heterocycles. The lowest BCUT2D eigenvalue weighted by atomic mass is 10.2. The van der Waals surface area contributed by atoms with Crippen LogP contribution in [-0.2, 0) is 4.74 Å². The molecular weight excluding hydrogens is 278 g/mol. The zero-order valence-corrected chi connectivity index (χ0v) is 15.7. The molecule has 0 aromatic carbocycles. The number of hydrogen-bond acceptors (Lipinski definition) is 4. The molecule has 1 amide bonds. The maximum absolute atomic E-state index is 12.2. The van der Waals surface area contributed by atoms with Crippen molar-refractivity contribution in [2.24, 2.45) is 0 Å². The minimum absolute atomic E-state index is 0.298. The molecular formula is C17H33N3O2. The molecule has 5 nitrogen and oxygen atoms in total. The van der Waals surface area contributed by atoms with Crippen LogP contribution in [0.2, 0.25) is 0 Å². The van der Waals surface area contributed by atoms with Crippen molar-refractivity contribution in [2.75, 3.05) is 35.2 Å². The van der Waals surface area contributed by atoms with Crippen LogP contribution in [0.1, 0.15) is 40.5 Å². The molecule has 128 valence electrons. The van der Waals surface area contributed by atoms with E-state index < -0.39 is 5.60 Å². The van der Waals surface area contributed by atoms with Gasteiger partial charge in [-0.25, -0.2) is 4.79 Å². The molecule has 0 radical (unpaired) electrons. The summed E-state index contributed by atoms with van der Waals surface area (Å²) in [4.78, 5) is 15.8. The summed E-state index contributed by atoms with van der Waals surface area (Å²) in [5.41, 5.74) is 2.96. The number of hydrogen-bond donors (Lipinski definition) is 1. The van der Waals surface area contributed by atoms with Gasteiger partial charge in [0.1, 0.15) is 5.60 Å². The van der Waals surface area contributed by atoms with Crippen molar-refractivity contribution in [3.63, 3.8) is 0 Å². The lowest BCUT2D eigenvalue weighted by Crippen LogP contribution is -2.34. The molecule has 1 rings (SSSR count). The molecule has 0 spiro atoms. The highest BCUT2D eigenvalue weighted by molar-refractivity contribution is 5.72. The lowest BCUT2D eigenvalue weighted by molar-refractivity contribution is 0.0356. The van der Waals surface area contributed by atoms with E-state index in [9.17, 15) is 4.79 Å². The zero-order chi connectivity index (χ0) is 17.5. The highest BCUT2D eigenvalue weighted by Gasteiger charge is 2.27. The number of carbonyl (C=O) groups is 1. The summed E-state index contributed by atoms with van der Waals surface area (Å²) in [6, 6.07) is 0. The smallest absolute Gasteiger partial charge is 0.414 e. The van der Waals surface area contributed by atoms with Crippen molar-refractivity contribution in [3.05, 3.63) is 23.0 Å². The maximum atomic E-state index is 12.2. The largest absolute Gasteiger partial charge is 0.443 e. The number of rotatable bonds is 2. The van der Waals surface area contributed by atoms with Crippen LogP contribution in [0.5, 0.6) is 0 Å². The lowest BCUT2D eigenvalue weighted by Gasteiger charge is -2.26. The van der Waals surface area contributed by atoms with Crippen LogP contribution in [0.3, 0.4) is 0 Å². The number of amides is 1. The summed E-state index contributed by atoms with van der Waals surface area (Å²) < 4.78 is 5.43. The molecule has 0 saturated carbocycles. The predicted octanol–water partition coefficient (Wildman–Crippen LogP) is 3.20. The van der Waals surface area contributed by atoms with Gasteiger partial charge in [-0.2, -0.15) is 0 Å². The van der Waals surface area contributed by atoms with E-state index in [0.29, 0.717) is 0 Å². The Bertz CT molecular complexity index is 432. The highest BCUT2D eigenvalue weighted by atomic mass is 16.6. The van der Waals surface area contributed by atoms with Crippen LogP contribution in [0.25, 0.3) is 0 Å². The van der Waals surface area contributed by atoms with Gasteiger partial charge in [-0.3, -0.25) is 4.90 Å². The SMILES string of the molecule is CC1=C(N(C)C(=O)OC(C)(C)C)/C(=C/N(C)C)CC1.CNC. The minimum atomic E-state index is -0.468. The third kappa shape index (κ3) is 6.98. The molecule has 0 saturated heterocycles. The fourth-order valence-corrected chi connectivity index (χ4v) is 2.19. The number of carbonyl (C=O) groups excluding carboxylic acids is 1. The van der Waals surface area contributed by atoms with Gasteiger partial charge in [-0.15, -0.1) is 0 Å². The Labute approximate surface area is 136 Å². The van der Waals surface area contributed by atoms with E-state index in [4.69, 9.17) is 4.74 Å². The molecule has 1 N–H and O–H groups in total. The summed E-state index contributed by atoms with van der Waals surface area (Å²) in [6.07, 6.45) is 3.76. The van der Waals surface area contributed by atoms with E-state index in [1.807, 2.05) is 53.9 Å². The molecule has 5 heteroatoms. The second-order valence-electron chi connectivity index (χ2n) is 6.79. The Balaban J connectivity index is 0.00000135. The molecule has 22 heavy (non-hydrogen) atoms. The Morgan fingerprint density at radius 2 is 1.68 bits per heavy atom. The van der Waals surface area contributed by atoms with E-state index >= 15 is 0 Å². The van der Waals surface area contributed by atoms with Crippen molar-refractivity contribution >= 4 is 6.09 Å². The second kappa shape index (κ2) is 8.83. The summed E-state index contributed by atoms with van der Waals surface area (Å²) in [5, 5.41) is 2.75. The van der Waals surface area contributed by atoms with Crippen LogP contribution in [-0.4, -0.2) is 56.7 Å². The topological polar surface area (TPSA) is 44.8 Å². The Kier molecular flexibility index (Phi) is 8.23. The Morgan fingerprint density at radius 3 is 2.09 bits per heavy atom. The molecule has 1 aliphatic rings. The van der Waals surface area contributed by atoms with Crippen LogP contribution < -0.4 is 5.32 Å². The quantitative estimate of drug-likeness (QED) is 0.850. The summed E-state index contributed by atoms with van der Waals surface area (Å²) in [7, 11) is 9.51. The Morgan fingerprint density at radius 1 is 1.18 bits per heavy atom. The number of likely N-dealkylation sites (N-methyl/N-ethyl adjacent to an activating group) is 1. The molecule has 0 aromatic heterocycles. The molecule has 1 aliphatic carbocycles. The van der Waals surface area contributed by atoms with Gasteiger partial charge in [0, 0.05) is 27.3 Å². The predicted molar refractivity (Wildman–Crippen MR) is 92.7 cm³/mol. The third-order valence-corrected chi connectivity index (χ3v) is 2.89. The summed E-state index contributed by atoms with van der Waals surface area (Å²) in [6.45, 7) is 7.72. The number of allylic oxidation sites excluding steroid dienone is 2. The van der Waals surface area contributed by atoms with Gasteiger partial charge in [0.2, 0.25) is 0 Å². The summed E-state index contributed by atoms with van der Waals surface area (Å²) >= 11 is 0. The molecule has 0 unspecified atom stereocenters. The van der Waals surface area contributed by atoms with E-state index in [2.05, 4.69) is 18.4 Å². The highest BCUT2D eigenvalue weighted by Crippen LogP contribution is 2.33. The van der Waals surface area contributed by atoms with E-state index in [0.717, 1.165) is 18.5 Å². The monoisotopic (exact) mass is 311 g/mol. The fourth-order valence-electron chi connectivity index (χ4n) is 2.19. The molecule has 0 fully saturated rings. The molecule has 0 aliphatic heterocycles. The first kappa shape index (κ1) is 20.5. The van der Waals surface area contributed by atoms with Crippen LogP contribution in [0.4, 0.5) is 4.79 Å². The van der Waals surface area contributed by atoms with Crippen LogP contribution in [0, 0.1) is 0 Å². The first-order valence-electron chi connectivity index (χ1n) is 7.66. The van der Waals surface area contributed by atoms with Gasteiger partial charge in [0.05, 0.1) is 5.70 Å². The normalized spacial score (nSPS) is 16.3. The second-order valence-corrected chi connectivity index (χ2v) is 6.79. The van der Waals surface area contributed by atoms with Crippen molar-refractivity contribution in [1.29, 1.82) is 0 Å². The van der Waals surface area contributed by atoms with E-state index in [-0.39, 0.29) is 6.09 Å². The average Bonchev–Trinajstić information content (AvgIpc) is 2.67. The van der Waals surface area contributed by atoms with Crippen molar-refractivity contribution in [3.8, 4) is 0 Å². The average molecular weight is 311 g/mol. The standard InChI is InChI=1S/C15H26N2O2.C2H7N/c1-11-8-9-12(10-16(5)6)13(11)17(7)14(18)19-15(2,3)4;1-3-2/h10H,8-9H2,1-7H3;3H,1-2H3/b12-10+;. The Hall–Kier alpha value is -1.49. The fraction of sp³-hybridized carbons (Fsp3) is 0.706. The molecule has 0 bridgehead atoms. The van der Waals surface area contributed by atoms with Crippen molar-refractivity contribution in [1.82, 2.24) is 15.1 Å². The number of nitrogens with zero attached hydrogens (tertiary/aromatic N) is 2. The van der Waals surface area contributed by atoms with Gasteiger partial charge in [-0.05, 0) is 65.8 Å². The number of nitrogens with one attached hydrogen (secondary N) is 1. The maximum Gasteiger partial charge on any atom is 0.414 e.